The molecule has 0 saturated carbocycles. The lowest BCUT2D eigenvalue weighted by molar-refractivity contribution is -0.584. The first-order valence-corrected chi connectivity index (χ1v) is 5.60. The zero-order valence-corrected chi connectivity index (χ0v) is 9.74. The van der Waals surface area contributed by atoms with E-state index in [1.165, 1.54) is 36.5 Å². The van der Waals surface area contributed by atoms with Crippen LogP contribution in [0.4, 0.5) is 0 Å². The molecule has 2 aromatic heterocycles. The number of pyridine rings is 1. The van der Waals surface area contributed by atoms with E-state index < -0.39 is 0 Å². The molecular weight excluding hydrogens is 246 g/mol. The van der Waals surface area contributed by atoms with Crippen LogP contribution in [-0.2, 0) is 0 Å². The summed E-state index contributed by atoms with van der Waals surface area (Å²) in [5.74, 6) is 0.402. The fourth-order valence-corrected chi connectivity index (χ4v) is 1.86. The number of aromatic nitrogens is 1. The van der Waals surface area contributed by atoms with Crippen molar-refractivity contribution in [3.8, 4) is 17.1 Å². The molecule has 3 aromatic rings. The Kier molecular flexibility index (Phi) is 2.45. The predicted octanol–water partition coefficient (Wildman–Crippen LogP) is 1.80. The van der Waals surface area contributed by atoms with E-state index in [-0.39, 0.29) is 28.0 Å². The Morgan fingerprint density at radius 2 is 1.89 bits per heavy atom. The maximum absolute atomic E-state index is 11.9. The molecule has 5 heteroatoms. The topological polar surface area (TPSA) is 77.4 Å². The van der Waals surface area contributed by atoms with Gasteiger partial charge in [-0.15, -0.1) is 4.73 Å². The summed E-state index contributed by atoms with van der Waals surface area (Å²) in [5.41, 5.74) is 0.299. The minimum Gasteiger partial charge on any atom is -0.616 e. The second-order valence-corrected chi connectivity index (χ2v) is 4.07. The van der Waals surface area contributed by atoms with Crippen LogP contribution >= 0.6 is 0 Å². The Hall–Kier alpha value is -2.82. The minimum absolute atomic E-state index is 0.0296. The Labute approximate surface area is 107 Å². The molecule has 0 saturated heterocycles. The van der Waals surface area contributed by atoms with Crippen LogP contribution in [0.2, 0.25) is 0 Å². The molecule has 5 nitrogen and oxygen atoms in total. The summed E-state index contributed by atoms with van der Waals surface area (Å²) < 4.78 is 5.98. The Bertz CT molecular complexity index is 806. The first kappa shape index (κ1) is 11.3. The van der Waals surface area contributed by atoms with E-state index in [1.807, 2.05) is 0 Å². The number of aromatic hydroxyl groups is 1. The van der Waals surface area contributed by atoms with Crippen LogP contribution in [0, 0.1) is 5.21 Å². The second-order valence-electron chi connectivity index (χ2n) is 4.07. The lowest BCUT2D eigenvalue weighted by Crippen LogP contribution is -2.27. The van der Waals surface area contributed by atoms with E-state index in [9.17, 15) is 15.1 Å². The standard InChI is InChI=1S/C14H9NO4/c16-10-5-3-9(4-6-10)13-8-12(17)11-2-1-7-15(18)14(11)19-13/h1-8,16H. The third-order valence-electron chi connectivity index (χ3n) is 2.80. The summed E-state index contributed by atoms with van der Waals surface area (Å²) in [4.78, 5) is 11.9. The number of phenolic OH excluding ortho intramolecular Hbond substituents is 1. The molecule has 0 unspecified atom stereocenters. The lowest BCUT2D eigenvalue weighted by Gasteiger charge is -2.03. The fraction of sp³-hybridized carbons (Fsp3) is 0. The van der Waals surface area contributed by atoms with Gasteiger partial charge in [-0.2, -0.15) is 0 Å². The van der Waals surface area contributed by atoms with E-state index >= 15 is 0 Å². The highest BCUT2D eigenvalue weighted by molar-refractivity contribution is 5.72. The van der Waals surface area contributed by atoms with Gasteiger partial charge in [0.1, 0.15) is 16.9 Å². The van der Waals surface area contributed by atoms with Crippen LogP contribution in [-0.4, -0.2) is 5.11 Å². The Morgan fingerprint density at radius 3 is 2.63 bits per heavy atom. The number of hydrogen-bond donors (Lipinski definition) is 1. The fourth-order valence-electron chi connectivity index (χ4n) is 1.86. The molecule has 0 amide bonds. The highest BCUT2D eigenvalue weighted by Gasteiger charge is 2.12. The number of fused-ring (bicyclic) bond motifs is 1. The van der Waals surface area contributed by atoms with Gasteiger partial charge in [-0.25, -0.2) is 0 Å². The number of hydrogen-bond acceptors (Lipinski definition) is 4. The minimum atomic E-state index is -0.283. The molecule has 0 fully saturated rings. The maximum atomic E-state index is 11.9. The monoisotopic (exact) mass is 255 g/mol. The summed E-state index contributed by atoms with van der Waals surface area (Å²) in [5, 5.41) is 21.1. The molecular formula is C14H9NO4. The Morgan fingerprint density at radius 1 is 1.16 bits per heavy atom. The summed E-state index contributed by atoms with van der Waals surface area (Å²) >= 11 is 0. The quantitative estimate of drug-likeness (QED) is 0.531. The molecule has 0 aliphatic heterocycles. The molecule has 94 valence electrons. The van der Waals surface area contributed by atoms with Crippen molar-refractivity contribution in [2.75, 3.05) is 0 Å². The van der Waals surface area contributed by atoms with Crippen molar-refractivity contribution in [1.82, 2.24) is 0 Å². The van der Waals surface area contributed by atoms with E-state index in [4.69, 9.17) is 4.42 Å². The summed E-state index contributed by atoms with van der Waals surface area (Å²) in [6.07, 6.45) is 1.27. The smallest absolute Gasteiger partial charge is 0.396 e. The normalized spacial score (nSPS) is 10.7. The van der Waals surface area contributed by atoms with Gasteiger partial charge in [0.05, 0.1) is 0 Å². The third kappa shape index (κ3) is 1.91. The van der Waals surface area contributed by atoms with Crippen molar-refractivity contribution in [2.24, 2.45) is 0 Å². The number of benzene rings is 1. The molecule has 19 heavy (non-hydrogen) atoms. The van der Waals surface area contributed by atoms with Gasteiger partial charge in [-0.1, -0.05) is 0 Å². The van der Waals surface area contributed by atoms with Crippen molar-refractivity contribution >= 4 is 11.1 Å². The van der Waals surface area contributed by atoms with Gasteiger partial charge in [0, 0.05) is 17.7 Å². The van der Waals surface area contributed by atoms with Crippen molar-refractivity contribution in [2.45, 2.75) is 0 Å². The molecule has 3 rings (SSSR count). The summed E-state index contributed by atoms with van der Waals surface area (Å²) in [7, 11) is 0. The second kappa shape index (κ2) is 4.13. The van der Waals surface area contributed by atoms with Gasteiger partial charge in [0.25, 0.3) is 0 Å². The zero-order valence-electron chi connectivity index (χ0n) is 9.74. The highest BCUT2D eigenvalue weighted by atomic mass is 16.5. The average Bonchev–Trinajstić information content (AvgIpc) is 2.41. The molecule has 2 heterocycles. The molecule has 1 aromatic carbocycles. The van der Waals surface area contributed by atoms with Crippen LogP contribution in [0.15, 0.2) is 57.9 Å². The molecule has 0 aliphatic rings. The zero-order chi connectivity index (χ0) is 13.4. The van der Waals surface area contributed by atoms with Crippen LogP contribution in [0.3, 0.4) is 0 Å². The lowest BCUT2D eigenvalue weighted by atomic mass is 10.1. The summed E-state index contributed by atoms with van der Waals surface area (Å²) in [6, 6.07) is 10.5. The molecule has 0 spiro atoms. The first-order chi connectivity index (χ1) is 9.15. The molecule has 0 aliphatic carbocycles. The number of phenols is 1. The highest BCUT2D eigenvalue weighted by Crippen LogP contribution is 2.22. The first-order valence-electron chi connectivity index (χ1n) is 5.60. The molecule has 0 bridgehead atoms. The third-order valence-corrected chi connectivity index (χ3v) is 2.80. The van der Waals surface area contributed by atoms with Crippen LogP contribution in [0.25, 0.3) is 22.4 Å². The van der Waals surface area contributed by atoms with Gasteiger partial charge in [-0.3, -0.25) is 4.79 Å². The van der Waals surface area contributed by atoms with E-state index in [1.54, 1.807) is 12.1 Å². The van der Waals surface area contributed by atoms with E-state index in [0.29, 0.717) is 10.3 Å². The number of nitrogens with zero attached hydrogens (tertiary/aromatic N) is 1. The SMILES string of the molecule is O=c1cc(-c2ccc(O)cc2)oc2c1ccc[n+]2[O-]. The predicted molar refractivity (Wildman–Crippen MR) is 68.5 cm³/mol. The van der Waals surface area contributed by atoms with Crippen LogP contribution < -0.4 is 10.2 Å². The van der Waals surface area contributed by atoms with Gasteiger partial charge in [0.15, 0.2) is 11.6 Å². The van der Waals surface area contributed by atoms with Crippen molar-refractivity contribution in [3.05, 3.63) is 64.1 Å². The maximum Gasteiger partial charge on any atom is 0.396 e. The summed E-state index contributed by atoms with van der Waals surface area (Å²) in [6.45, 7) is 0. The largest absolute Gasteiger partial charge is 0.616 e. The van der Waals surface area contributed by atoms with Crippen LogP contribution in [0.5, 0.6) is 5.75 Å². The van der Waals surface area contributed by atoms with Gasteiger partial charge >= 0.3 is 5.71 Å². The van der Waals surface area contributed by atoms with E-state index in [0.717, 1.165) is 0 Å². The van der Waals surface area contributed by atoms with E-state index in [2.05, 4.69) is 0 Å². The average molecular weight is 255 g/mol. The molecule has 1 N–H and O–H groups in total. The van der Waals surface area contributed by atoms with Crippen molar-refractivity contribution in [3.63, 3.8) is 0 Å². The van der Waals surface area contributed by atoms with Gasteiger partial charge in [-0.05, 0) is 30.3 Å². The Balaban J connectivity index is 2.29. The molecule has 0 atom stereocenters. The molecule has 0 radical (unpaired) electrons. The number of rotatable bonds is 1. The van der Waals surface area contributed by atoms with Gasteiger partial charge < -0.3 is 14.7 Å². The van der Waals surface area contributed by atoms with Gasteiger partial charge in [0.2, 0.25) is 0 Å². The van der Waals surface area contributed by atoms with Crippen molar-refractivity contribution in [1.29, 1.82) is 0 Å². The van der Waals surface area contributed by atoms with Crippen LogP contribution in [0.1, 0.15) is 0 Å². The van der Waals surface area contributed by atoms with Crippen molar-refractivity contribution < 1.29 is 14.3 Å².